The van der Waals surface area contributed by atoms with Crippen LogP contribution in [0.15, 0.2) is 23.5 Å². The molecule has 14 heavy (non-hydrogen) atoms. The van der Waals surface area contributed by atoms with Gasteiger partial charge in [0.15, 0.2) is 0 Å². The first kappa shape index (κ1) is 9.29. The molecule has 2 aliphatic rings. The number of methoxy groups -OCH3 is 1. The quantitative estimate of drug-likeness (QED) is 0.684. The van der Waals surface area contributed by atoms with E-state index in [-0.39, 0.29) is 6.10 Å². The van der Waals surface area contributed by atoms with E-state index in [1.807, 2.05) is 12.2 Å². The fourth-order valence-electron chi connectivity index (χ4n) is 1.42. The predicted molar refractivity (Wildman–Crippen MR) is 51.3 cm³/mol. The van der Waals surface area contributed by atoms with Crippen molar-refractivity contribution < 1.29 is 9.47 Å². The van der Waals surface area contributed by atoms with Gasteiger partial charge in [-0.3, -0.25) is 0 Å². The highest BCUT2D eigenvalue weighted by Gasteiger charge is 2.25. The molecule has 0 heterocycles. The Morgan fingerprint density at radius 3 is 2.86 bits per heavy atom. The van der Waals surface area contributed by atoms with Crippen LogP contribution in [0.25, 0.3) is 0 Å². The van der Waals surface area contributed by atoms with Gasteiger partial charge in [-0.05, 0) is 25.0 Å². The van der Waals surface area contributed by atoms with E-state index < -0.39 is 0 Å². The molecule has 3 heteroatoms. The van der Waals surface area contributed by atoms with Crippen molar-refractivity contribution in [1.29, 1.82) is 5.26 Å². The third kappa shape index (κ3) is 2.15. The zero-order valence-corrected chi connectivity index (χ0v) is 8.19. The lowest BCUT2D eigenvalue weighted by molar-refractivity contribution is 0.129. The molecule has 1 atom stereocenters. The SMILES string of the molecule is COC1C=C(OC2CC2)C=C(C#N)C1. The van der Waals surface area contributed by atoms with Crippen LogP contribution >= 0.6 is 0 Å². The van der Waals surface area contributed by atoms with E-state index in [9.17, 15) is 0 Å². The number of hydrogen-bond acceptors (Lipinski definition) is 3. The van der Waals surface area contributed by atoms with Crippen molar-refractivity contribution in [2.45, 2.75) is 31.5 Å². The van der Waals surface area contributed by atoms with Gasteiger partial charge in [-0.1, -0.05) is 0 Å². The zero-order chi connectivity index (χ0) is 9.97. The molecule has 0 amide bonds. The van der Waals surface area contributed by atoms with E-state index in [1.165, 1.54) is 0 Å². The Bertz CT molecular complexity index is 321. The second-order valence-electron chi connectivity index (χ2n) is 3.65. The molecule has 0 N–H and O–H groups in total. The molecule has 1 unspecified atom stereocenters. The van der Waals surface area contributed by atoms with Crippen LogP contribution in [-0.2, 0) is 9.47 Å². The molecular formula is C11H13NO2. The number of hydrogen-bond donors (Lipinski definition) is 0. The smallest absolute Gasteiger partial charge is 0.119 e. The van der Waals surface area contributed by atoms with Crippen molar-refractivity contribution in [3.63, 3.8) is 0 Å². The van der Waals surface area contributed by atoms with Gasteiger partial charge in [0.05, 0.1) is 18.3 Å². The van der Waals surface area contributed by atoms with Gasteiger partial charge in [-0.25, -0.2) is 0 Å². The molecule has 0 saturated heterocycles. The summed E-state index contributed by atoms with van der Waals surface area (Å²) in [5.41, 5.74) is 0.731. The van der Waals surface area contributed by atoms with Crippen LogP contribution in [0.4, 0.5) is 0 Å². The molecule has 2 rings (SSSR count). The molecule has 1 fully saturated rings. The minimum Gasteiger partial charge on any atom is -0.491 e. The molecule has 0 aliphatic heterocycles. The van der Waals surface area contributed by atoms with Gasteiger partial charge in [-0.15, -0.1) is 0 Å². The highest BCUT2D eigenvalue weighted by Crippen LogP contribution is 2.29. The van der Waals surface area contributed by atoms with Crippen LogP contribution in [0.1, 0.15) is 19.3 Å². The lowest BCUT2D eigenvalue weighted by Gasteiger charge is -2.17. The Balaban J connectivity index is 2.07. The monoisotopic (exact) mass is 191 g/mol. The predicted octanol–water partition coefficient (Wildman–Crippen LogP) is 1.92. The van der Waals surface area contributed by atoms with E-state index in [1.54, 1.807) is 7.11 Å². The second kappa shape index (κ2) is 3.85. The Hall–Kier alpha value is -1.27. The largest absolute Gasteiger partial charge is 0.491 e. The molecule has 0 aromatic rings. The highest BCUT2D eigenvalue weighted by molar-refractivity contribution is 5.34. The fraction of sp³-hybridized carbons (Fsp3) is 0.545. The summed E-state index contributed by atoms with van der Waals surface area (Å²) in [6.45, 7) is 0. The van der Waals surface area contributed by atoms with Crippen molar-refractivity contribution in [2.24, 2.45) is 0 Å². The maximum Gasteiger partial charge on any atom is 0.119 e. The van der Waals surface area contributed by atoms with E-state index in [0.717, 1.165) is 24.2 Å². The van der Waals surface area contributed by atoms with E-state index >= 15 is 0 Å². The van der Waals surface area contributed by atoms with Crippen molar-refractivity contribution in [2.75, 3.05) is 7.11 Å². The minimum atomic E-state index is -0.0107. The third-order valence-electron chi connectivity index (χ3n) is 2.36. The van der Waals surface area contributed by atoms with Gasteiger partial charge < -0.3 is 9.47 Å². The molecule has 1 saturated carbocycles. The summed E-state index contributed by atoms with van der Waals surface area (Å²) in [5, 5.41) is 8.82. The summed E-state index contributed by atoms with van der Waals surface area (Å²) in [5.74, 6) is 0.794. The van der Waals surface area contributed by atoms with Gasteiger partial charge >= 0.3 is 0 Å². The average molecular weight is 191 g/mol. The number of allylic oxidation sites excluding steroid dienone is 1. The summed E-state index contributed by atoms with van der Waals surface area (Å²) >= 11 is 0. The number of ether oxygens (including phenoxy) is 2. The Kier molecular flexibility index (Phi) is 2.55. The van der Waals surface area contributed by atoms with Gasteiger partial charge in [0.1, 0.15) is 5.76 Å². The van der Waals surface area contributed by atoms with Gasteiger partial charge in [0.2, 0.25) is 0 Å². The molecule has 3 nitrogen and oxygen atoms in total. The molecule has 0 radical (unpaired) electrons. The van der Waals surface area contributed by atoms with Crippen molar-refractivity contribution >= 4 is 0 Å². The summed E-state index contributed by atoms with van der Waals surface area (Å²) in [4.78, 5) is 0. The van der Waals surface area contributed by atoms with Crippen LogP contribution in [-0.4, -0.2) is 19.3 Å². The summed E-state index contributed by atoms with van der Waals surface area (Å²) < 4.78 is 10.8. The van der Waals surface area contributed by atoms with E-state index in [4.69, 9.17) is 14.7 Å². The minimum absolute atomic E-state index is 0.0107. The van der Waals surface area contributed by atoms with Crippen molar-refractivity contribution in [1.82, 2.24) is 0 Å². The lowest BCUT2D eigenvalue weighted by Crippen LogP contribution is -2.13. The van der Waals surface area contributed by atoms with E-state index in [2.05, 4.69) is 6.07 Å². The number of nitrogens with zero attached hydrogens (tertiary/aromatic N) is 1. The summed E-state index contributed by atoms with van der Waals surface area (Å²) in [6.07, 6.45) is 7.03. The normalized spacial score (nSPS) is 26.1. The zero-order valence-electron chi connectivity index (χ0n) is 8.19. The Labute approximate surface area is 83.6 Å². The average Bonchev–Trinajstić information content (AvgIpc) is 3.01. The van der Waals surface area contributed by atoms with Crippen LogP contribution < -0.4 is 0 Å². The maximum atomic E-state index is 8.82. The van der Waals surface area contributed by atoms with Crippen molar-refractivity contribution in [3.8, 4) is 6.07 Å². The summed E-state index contributed by atoms with van der Waals surface area (Å²) in [6, 6.07) is 2.15. The lowest BCUT2D eigenvalue weighted by atomic mass is 10.0. The molecule has 0 aromatic heterocycles. The second-order valence-corrected chi connectivity index (χ2v) is 3.65. The molecule has 2 aliphatic carbocycles. The molecule has 0 spiro atoms. The first-order chi connectivity index (χ1) is 6.81. The van der Waals surface area contributed by atoms with Crippen molar-refractivity contribution in [3.05, 3.63) is 23.5 Å². The van der Waals surface area contributed by atoms with Crippen LogP contribution in [0.2, 0.25) is 0 Å². The van der Waals surface area contributed by atoms with Crippen LogP contribution in [0.3, 0.4) is 0 Å². The maximum absolute atomic E-state index is 8.82. The molecule has 74 valence electrons. The van der Waals surface area contributed by atoms with E-state index in [0.29, 0.717) is 12.5 Å². The standard InChI is InChI=1S/C11H13NO2/c1-13-10-4-8(7-12)5-11(6-10)14-9-2-3-9/h5-6,9-10H,2-4H2,1H3. The molecule has 0 bridgehead atoms. The first-order valence-corrected chi connectivity index (χ1v) is 4.84. The number of rotatable bonds is 3. The Morgan fingerprint density at radius 2 is 2.29 bits per heavy atom. The summed E-state index contributed by atoms with van der Waals surface area (Å²) in [7, 11) is 1.65. The highest BCUT2D eigenvalue weighted by atomic mass is 16.5. The topological polar surface area (TPSA) is 42.2 Å². The van der Waals surface area contributed by atoms with Crippen LogP contribution in [0, 0.1) is 11.3 Å². The number of nitriles is 1. The first-order valence-electron chi connectivity index (χ1n) is 4.84. The van der Waals surface area contributed by atoms with Crippen LogP contribution in [0.5, 0.6) is 0 Å². The Morgan fingerprint density at radius 1 is 1.50 bits per heavy atom. The molecular weight excluding hydrogens is 178 g/mol. The van der Waals surface area contributed by atoms with Gasteiger partial charge in [0.25, 0.3) is 0 Å². The molecule has 0 aromatic carbocycles. The van der Waals surface area contributed by atoms with Gasteiger partial charge in [-0.2, -0.15) is 5.26 Å². The third-order valence-corrected chi connectivity index (χ3v) is 2.36. The van der Waals surface area contributed by atoms with Gasteiger partial charge in [0, 0.05) is 19.1 Å². The fourth-order valence-corrected chi connectivity index (χ4v) is 1.42.